The fourth-order valence-electron chi connectivity index (χ4n) is 3.10. The number of carboxylic acid groups (broad SMARTS) is 1. The average Bonchev–Trinajstić information content (AvgIpc) is 3.15. The third-order valence-electron chi connectivity index (χ3n) is 4.42. The SMILES string of the molecule is CC(C)(C)OC(=O)NC(CC(=O)OCc1ccccc1)C(=O)N1CCC[C@H]1C(=O)O. The zero-order valence-corrected chi connectivity index (χ0v) is 17.4. The van der Waals surface area contributed by atoms with Gasteiger partial charge in [0.05, 0.1) is 6.42 Å². The summed E-state index contributed by atoms with van der Waals surface area (Å²) in [5.41, 5.74) is -0.0257. The Labute approximate surface area is 175 Å². The van der Waals surface area contributed by atoms with Crippen molar-refractivity contribution in [3.8, 4) is 0 Å². The highest BCUT2D eigenvalue weighted by molar-refractivity contribution is 5.92. The summed E-state index contributed by atoms with van der Waals surface area (Å²) in [5.74, 6) is -2.47. The molecular weight excluding hydrogens is 392 g/mol. The molecule has 1 aromatic carbocycles. The molecule has 2 rings (SSSR count). The average molecular weight is 420 g/mol. The molecule has 164 valence electrons. The first-order valence-electron chi connectivity index (χ1n) is 9.79. The van der Waals surface area contributed by atoms with E-state index in [4.69, 9.17) is 9.47 Å². The molecule has 0 aliphatic carbocycles. The van der Waals surface area contributed by atoms with Crippen LogP contribution in [0.2, 0.25) is 0 Å². The van der Waals surface area contributed by atoms with Crippen molar-refractivity contribution in [3.63, 3.8) is 0 Å². The molecule has 1 aliphatic heterocycles. The lowest BCUT2D eigenvalue weighted by molar-refractivity contribution is -0.151. The number of carbonyl (C=O) groups excluding carboxylic acids is 3. The largest absolute Gasteiger partial charge is 0.480 e. The highest BCUT2D eigenvalue weighted by Gasteiger charge is 2.39. The molecule has 2 amide bonds. The van der Waals surface area contributed by atoms with Gasteiger partial charge in [0.25, 0.3) is 0 Å². The Morgan fingerprint density at radius 3 is 2.47 bits per heavy atom. The first kappa shape index (κ1) is 23.2. The van der Waals surface area contributed by atoms with Crippen molar-refractivity contribution in [3.05, 3.63) is 35.9 Å². The van der Waals surface area contributed by atoms with Crippen molar-refractivity contribution >= 4 is 23.9 Å². The molecule has 0 radical (unpaired) electrons. The number of hydrogen-bond acceptors (Lipinski definition) is 6. The van der Waals surface area contributed by atoms with Gasteiger partial charge in [-0.15, -0.1) is 0 Å². The van der Waals surface area contributed by atoms with Crippen molar-refractivity contribution in [1.82, 2.24) is 10.2 Å². The lowest BCUT2D eigenvalue weighted by Gasteiger charge is -2.28. The van der Waals surface area contributed by atoms with Crippen LogP contribution in [-0.4, -0.2) is 58.2 Å². The van der Waals surface area contributed by atoms with Gasteiger partial charge in [-0.05, 0) is 39.2 Å². The lowest BCUT2D eigenvalue weighted by atomic mass is 10.1. The van der Waals surface area contributed by atoms with Crippen LogP contribution in [0.15, 0.2) is 30.3 Å². The van der Waals surface area contributed by atoms with Crippen LogP contribution in [0.1, 0.15) is 45.6 Å². The maximum absolute atomic E-state index is 13.0. The summed E-state index contributed by atoms with van der Waals surface area (Å²) in [7, 11) is 0. The molecule has 0 bridgehead atoms. The summed E-state index contributed by atoms with van der Waals surface area (Å²) in [6.45, 7) is 5.26. The monoisotopic (exact) mass is 420 g/mol. The van der Waals surface area contributed by atoms with Gasteiger partial charge < -0.3 is 24.8 Å². The number of alkyl carbamates (subject to hydrolysis) is 1. The van der Waals surface area contributed by atoms with Gasteiger partial charge >= 0.3 is 18.0 Å². The van der Waals surface area contributed by atoms with E-state index in [2.05, 4.69) is 5.32 Å². The second-order valence-corrected chi connectivity index (χ2v) is 8.08. The number of nitrogens with zero attached hydrogens (tertiary/aromatic N) is 1. The number of likely N-dealkylation sites (tertiary alicyclic amines) is 1. The first-order chi connectivity index (χ1) is 14.1. The highest BCUT2D eigenvalue weighted by atomic mass is 16.6. The molecule has 0 spiro atoms. The number of aliphatic carboxylic acids is 1. The van der Waals surface area contributed by atoms with E-state index in [9.17, 15) is 24.3 Å². The minimum Gasteiger partial charge on any atom is -0.480 e. The van der Waals surface area contributed by atoms with Gasteiger partial charge in [0, 0.05) is 6.54 Å². The van der Waals surface area contributed by atoms with Crippen LogP contribution in [0.25, 0.3) is 0 Å². The van der Waals surface area contributed by atoms with E-state index >= 15 is 0 Å². The van der Waals surface area contributed by atoms with Crippen LogP contribution in [-0.2, 0) is 30.5 Å². The van der Waals surface area contributed by atoms with Crippen LogP contribution >= 0.6 is 0 Å². The number of ether oxygens (including phenoxy) is 2. The van der Waals surface area contributed by atoms with E-state index in [1.807, 2.05) is 6.07 Å². The number of carboxylic acids is 1. The molecule has 1 aliphatic rings. The van der Waals surface area contributed by atoms with Gasteiger partial charge in [-0.2, -0.15) is 0 Å². The van der Waals surface area contributed by atoms with E-state index in [-0.39, 0.29) is 13.2 Å². The molecule has 1 heterocycles. The number of hydrogen-bond donors (Lipinski definition) is 2. The van der Waals surface area contributed by atoms with Crippen molar-refractivity contribution < 1.29 is 33.8 Å². The third-order valence-corrected chi connectivity index (χ3v) is 4.42. The number of rotatable bonds is 7. The summed E-state index contributed by atoms with van der Waals surface area (Å²) in [6.07, 6.45) is -0.463. The van der Waals surface area contributed by atoms with E-state index in [1.54, 1.807) is 45.0 Å². The van der Waals surface area contributed by atoms with Crippen LogP contribution < -0.4 is 5.32 Å². The lowest BCUT2D eigenvalue weighted by Crippen LogP contribution is -2.53. The van der Waals surface area contributed by atoms with Crippen molar-refractivity contribution in [1.29, 1.82) is 0 Å². The van der Waals surface area contributed by atoms with Crippen LogP contribution in [0.3, 0.4) is 0 Å². The summed E-state index contributed by atoms with van der Waals surface area (Å²) in [5, 5.41) is 11.7. The van der Waals surface area contributed by atoms with Gasteiger partial charge in [-0.1, -0.05) is 30.3 Å². The van der Waals surface area contributed by atoms with E-state index in [1.165, 1.54) is 4.90 Å². The minimum absolute atomic E-state index is 0.0223. The zero-order valence-electron chi connectivity index (χ0n) is 17.4. The molecule has 2 N–H and O–H groups in total. The van der Waals surface area contributed by atoms with Crippen LogP contribution in [0.5, 0.6) is 0 Å². The van der Waals surface area contributed by atoms with Crippen LogP contribution in [0.4, 0.5) is 4.79 Å². The number of nitrogens with one attached hydrogen (secondary N) is 1. The Balaban J connectivity index is 2.07. The molecule has 0 aromatic heterocycles. The number of esters is 1. The predicted octanol–water partition coefficient (Wildman–Crippen LogP) is 2.09. The first-order valence-corrected chi connectivity index (χ1v) is 9.79. The van der Waals surface area contributed by atoms with Gasteiger partial charge in [-0.3, -0.25) is 9.59 Å². The fourth-order valence-corrected chi connectivity index (χ4v) is 3.10. The maximum Gasteiger partial charge on any atom is 0.408 e. The molecule has 1 unspecified atom stereocenters. The Kier molecular flexibility index (Phi) is 7.79. The Morgan fingerprint density at radius 2 is 1.87 bits per heavy atom. The summed E-state index contributed by atoms with van der Waals surface area (Å²) in [6, 6.07) is 6.74. The smallest absolute Gasteiger partial charge is 0.408 e. The number of amides is 2. The molecule has 1 fully saturated rings. The Bertz CT molecular complexity index is 773. The molecule has 9 heteroatoms. The maximum atomic E-state index is 13.0. The molecule has 30 heavy (non-hydrogen) atoms. The summed E-state index contributed by atoms with van der Waals surface area (Å²) < 4.78 is 10.4. The van der Waals surface area contributed by atoms with Gasteiger partial charge in [0.2, 0.25) is 5.91 Å². The third kappa shape index (κ3) is 7.06. The van der Waals surface area contributed by atoms with Crippen molar-refractivity contribution in [2.24, 2.45) is 0 Å². The molecule has 9 nitrogen and oxygen atoms in total. The Morgan fingerprint density at radius 1 is 1.20 bits per heavy atom. The second-order valence-electron chi connectivity index (χ2n) is 8.08. The van der Waals surface area contributed by atoms with E-state index in [0.717, 1.165) is 5.56 Å². The van der Waals surface area contributed by atoms with Crippen molar-refractivity contribution in [2.75, 3.05) is 6.54 Å². The molecular formula is C21H28N2O7. The molecule has 0 saturated carbocycles. The topological polar surface area (TPSA) is 122 Å². The van der Waals surface area contributed by atoms with Gasteiger partial charge in [-0.25, -0.2) is 9.59 Å². The second kappa shape index (κ2) is 10.1. The molecule has 2 atom stereocenters. The van der Waals surface area contributed by atoms with Gasteiger partial charge in [0.1, 0.15) is 24.3 Å². The normalized spacial score (nSPS) is 17.2. The minimum atomic E-state index is -1.29. The van der Waals surface area contributed by atoms with Crippen LogP contribution in [0, 0.1) is 0 Å². The quantitative estimate of drug-likeness (QED) is 0.648. The van der Waals surface area contributed by atoms with E-state index in [0.29, 0.717) is 12.8 Å². The summed E-state index contributed by atoms with van der Waals surface area (Å²) in [4.78, 5) is 50.1. The van der Waals surface area contributed by atoms with Crippen molar-refractivity contribution in [2.45, 2.75) is 64.3 Å². The number of carbonyl (C=O) groups is 4. The zero-order chi connectivity index (χ0) is 22.3. The molecule has 1 aromatic rings. The number of benzene rings is 1. The predicted molar refractivity (Wildman–Crippen MR) is 106 cm³/mol. The molecule has 1 saturated heterocycles. The fraction of sp³-hybridized carbons (Fsp3) is 0.524. The summed E-state index contributed by atoms with van der Waals surface area (Å²) >= 11 is 0. The standard InChI is InChI=1S/C21H28N2O7/c1-21(2,3)30-20(28)22-15(18(25)23-11-7-10-16(23)19(26)27)12-17(24)29-13-14-8-5-4-6-9-14/h4-6,8-9,15-16H,7,10-13H2,1-3H3,(H,22,28)(H,26,27)/t15?,16-/m0/s1. The van der Waals surface area contributed by atoms with E-state index < -0.39 is 48.0 Å². The van der Waals surface area contributed by atoms with Gasteiger partial charge in [0.15, 0.2) is 0 Å². The Hall–Kier alpha value is -3.10. The highest BCUT2D eigenvalue weighted by Crippen LogP contribution is 2.20.